The van der Waals surface area contributed by atoms with E-state index in [-0.39, 0.29) is 0 Å². The molecular formula is C16H15ClN4O. The van der Waals surface area contributed by atoms with Crippen molar-refractivity contribution in [3.8, 4) is 0 Å². The van der Waals surface area contributed by atoms with Crippen molar-refractivity contribution in [2.75, 3.05) is 6.61 Å². The number of hydrogen-bond donors (Lipinski definition) is 0. The van der Waals surface area contributed by atoms with Gasteiger partial charge in [-0.15, -0.1) is 0 Å². The monoisotopic (exact) mass is 314 g/mol. The maximum Gasteiger partial charge on any atom is 0.197 e. The van der Waals surface area contributed by atoms with Gasteiger partial charge in [0.05, 0.1) is 19.5 Å². The van der Waals surface area contributed by atoms with Gasteiger partial charge in [-0.05, 0) is 12.5 Å². The van der Waals surface area contributed by atoms with Crippen LogP contribution in [0.15, 0.2) is 43.2 Å². The van der Waals surface area contributed by atoms with Crippen LogP contribution < -0.4 is 0 Å². The van der Waals surface area contributed by atoms with Crippen LogP contribution in [0.3, 0.4) is 0 Å². The highest BCUT2D eigenvalue weighted by Crippen LogP contribution is 2.22. The molecule has 6 heteroatoms. The van der Waals surface area contributed by atoms with Gasteiger partial charge in [-0.2, -0.15) is 0 Å². The van der Waals surface area contributed by atoms with E-state index in [0.29, 0.717) is 41.1 Å². The summed E-state index contributed by atoms with van der Waals surface area (Å²) >= 11 is 6.20. The second kappa shape index (κ2) is 6.15. The Kier molecular flexibility index (Phi) is 4.06. The Morgan fingerprint density at radius 2 is 2.05 bits per heavy atom. The number of fused-ring (bicyclic) bond motifs is 1. The summed E-state index contributed by atoms with van der Waals surface area (Å²) < 4.78 is 7.29. The van der Waals surface area contributed by atoms with Gasteiger partial charge in [0.15, 0.2) is 22.4 Å². The van der Waals surface area contributed by atoms with Gasteiger partial charge in [-0.1, -0.05) is 48.5 Å². The van der Waals surface area contributed by atoms with Gasteiger partial charge in [0.25, 0.3) is 0 Å². The highest BCUT2D eigenvalue weighted by atomic mass is 35.5. The fraction of sp³-hybridized carbons (Fsp3) is 0.188. The Morgan fingerprint density at radius 3 is 2.77 bits per heavy atom. The van der Waals surface area contributed by atoms with E-state index < -0.39 is 0 Å². The van der Waals surface area contributed by atoms with Crippen LogP contribution in [0.5, 0.6) is 0 Å². The third-order valence-electron chi connectivity index (χ3n) is 3.19. The summed E-state index contributed by atoms with van der Waals surface area (Å²) in [6, 6.07) is 10.1. The number of ether oxygens (including phenoxy) is 1. The summed E-state index contributed by atoms with van der Waals surface area (Å²) in [6.07, 6.45) is 1.71. The summed E-state index contributed by atoms with van der Waals surface area (Å²) in [5, 5.41) is 0.299. The van der Waals surface area contributed by atoms with Crippen LogP contribution in [0.25, 0.3) is 16.9 Å². The van der Waals surface area contributed by atoms with Crippen molar-refractivity contribution in [2.45, 2.75) is 13.5 Å². The van der Waals surface area contributed by atoms with E-state index in [4.69, 9.17) is 16.3 Å². The molecule has 0 saturated carbocycles. The smallest absolute Gasteiger partial charge is 0.197 e. The minimum absolute atomic E-state index is 0.299. The molecule has 22 heavy (non-hydrogen) atoms. The van der Waals surface area contributed by atoms with Crippen LogP contribution in [-0.2, 0) is 11.3 Å². The van der Waals surface area contributed by atoms with Crippen molar-refractivity contribution >= 4 is 28.5 Å². The molecule has 0 aliphatic rings. The third-order valence-corrected chi connectivity index (χ3v) is 3.45. The minimum atomic E-state index is 0.299. The Bertz CT molecular complexity index is 814. The number of nitrogens with zero attached hydrogens (tertiary/aromatic N) is 4. The van der Waals surface area contributed by atoms with Gasteiger partial charge in [0.2, 0.25) is 0 Å². The maximum absolute atomic E-state index is 6.20. The predicted octanol–water partition coefficient (Wildman–Crippen LogP) is 3.54. The van der Waals surface area contributed by atoms with E-state index in [2.05, 4.69) is 33.7 Å². The second-order valence-electron chi connectivity index (χ2n) is 4.72. The van der Waals surface area contributed by atoms with Crippen LogP contribution in [0.1, 0.15) is 18.3 Å². The Balaban J connectivity index is 2.03. The third kappa shape index (κ3) is 2.80. The first-order valence-corrected chi connectivity index (χ1v) is 7.31. The molecule has 3 rings (SSSR count). The van der Waals surface area contributed by atoms with Gasteiger partial charge in [-0.3, -0.25) is 0 Å². The molecule has 0 aliphatic carbocycles. The van der Waals surface area contributed by atoms with Crippen LogP contribution in [-0.4, -0.2) is 26.1 Å². The van der Waals surface area contributed by atoms with Gasteiger partial charge in [-0.25, -0.2) is 15.0 Å². The number of halogens is 1. The molecule has 0 bridgehead atoms. The second-order valence-corrected chi connectivity index (χ2v) is 5.08. The molecule has 0 fully saturated rings. The lowest BCUT2D eigenvalue weighted by atomic mass is 10.2. The molecule has 1 aromatic carbocycles. The predicted molar refractivity (Wildman–Crippen MR) is 86.5 cm³/mol. The van der Waals surface area contributed by atoms with Crippen molar-refractivity contribution in [1.29, 1.82) is 0 Å². The summed E-state index contributed by atoms with van der Waals surface area (Å²) in [4.78, 5) is 13.0. The Morgan fingerprint density at radius 1 is 1.27 bits per heavy atom. The van der Waals surface area contributed by atoms with Crippen molar-refractivity contribution in [2.24, 2.45) is 0 Å². The van der Waals surface area contributed by atoms with Crippen LogP contribution >= 0.6 is 11.6 Å². The van der Waals surface area contributed by atoms with E-state index in [1.165, 1.54) is 0 Å². The van der Waals surface area contributed by atoms with E-state index in [1.807, 2.05) is 29.7 Å². The average Bonchev–Trinajstić information content (AvgIpc) is 2.92. The molecular weight excluding hydrogens is 300 g/mol. The number of rotatable bonds is 5. The van der Waals surface area contributed by atoms with Crippen LogP contribution in [0, 0.1) is 0 Å². The molecule has 0 radical (unpaired) electrons. The molecule has 0 amide bonds. The van der Waals surface area contributed by atoms with E-state index >= 15 is 0 Å². The molecule has 0 unspecified atom stereocenters. The number of imidazole rings is 1. The standard InChI is InChI=1S/C16H15ClN4O/c1-3-22-11(2)15-19-14(17)13-16(20-15)21(10-18-13)9-12-7-5-4-6-8-12/h4-8,10H,2-3,9H2,1H3. The summed E-state index contributed by atoms with van der Waals surface area (Å²) in [6.45, 7) is 6.86. The number of benzene rings is 1. The SMILES string of the molecule is C=C(OCC)c1nc(Cl)c2ncn(Cc3ccccc3)c2n1. The van der Waals surface area contributed by atoms with Gasteiger partial charge < -0.3 is 9.30 Å². The number of hydrogen-bond acceptors (Lipinski definition) is 4. The summed E-state index contributed by atoms with van der Waals surface area (Å²) in [5.74, 6) is 0.785. The molecule has 0 saturated heterocycles. The largest absolute Gasteiger partial charge is 0.491 e. The lowest BCUT2D eigenvalue weighted by Gasteiger charge is -2.08. The van der Waals surface area contributed by atoms with Gasteiger partial charge in [0, 0.05) is 0 Å². The van der Waals surface area contributed by atoms with Crippen LogP contribution in [0.4, 0.5) is 0 Å². The lowest BCUT2D eigenvalue weighted by molar-refractivity contribution is 0.296. The molecule has 112 valence electrons. The van der Waals surface area contributed by atoms with E-state index in [1.54, 1.807) is 6.33 Å². The summed E-state index contributed by atoms with van der Waals surface area (Å²) in [7, 11) is 0. The van der Waals surface area contributed by atoms with Gasteiger partial charge in [0.1, 0.15) is 5.52 Å². The molecule has 0 atom stereocenters. The lowest BCUT2D eigenvalue weighted by Crippen LogP contribution is -2.03. The Hall–Kier alpha value is -2.40. The maximum atomic E-state index is 6.20. The molecule has 3 aromatic rings. The minimum Gasteiger partial charge on any atom is -0.491 e. The van der Waals surface area contributed by atoms with E-state index in [9.17, 15) is 0 Å². The normalized spacial score (nSPS) is 10.8. The fourth-order valence-corrected chi connectivity index (χ4v) is 2.38. The highest BCUT2D eigenvalue weighted by molar-refractivity contribution is 6.33. The van der Waals surface area contributed by atoms with E-state index in [0.717, 1.165) is 5.56 Å². The fourth-order valence-electron chi connectivity index (χ4n) is 2.17. The molecule has 0 spiro atoms. The van der Waals surface area contributed by atoms with Crippen molar-refractivity contribution in [1.82, 2.24) is 19.5 Å². The van der Waals surface area contributed by atoms with Crippen molar-refractivity contribution in [3.63, 3.8) is 0 Å². The first-order chi connectivity index (χ1) is 10.7. The first kappa shape index (κ1) is 14.5. The number of aromatic nitrogens is 4. The molecule has 5 nitrogen and oxygen atoms in total. The zero-order chi connectivity index (χ0) is 15.5. The van der Waals surface area contributed by atoms with Gasteiger partial charge >= 0.3 is 0 Å². The molecule has 2 heterocycles. The van der Waals surface area contributed by atoms with Crippen molar-refractivity contribution in [3.05, 3.63) is 59.8 Å². The molecule has 0 N–H and O–H groups in total. The zero-order valence-electron chi connectivity index (χ0n) is 12.2. The Labute approximate surface area is 133 Å². The first-order valence-electron chi connectivity index (χ1n) is 6.93. The van der Waals surface area contributed by atoms with Crippen LogP contribution in [0.2, 0.25) is 5.15 Å². The zero-order valence-corrected chi connectivity index (χ0v) is 12.9. The molecule has 0 aliphatic heterocycles. The van der Waals surface area contributed by atoms with Crippen molar-refractivity contribution < 1.29 is 4.74 Å². The quantitative estimate of drug-likeness (QED) is 0.534. The average molecular weight is 315 g/mol. The topological polar surface area (TPSA) is 52.8 Å². The summed E-state index contributed by atoms with van der Waals surface area (Å²) in [5.41, 5.74) is 2.40. The highest BCUT2D eigenvalue weighted by Gasteiger charge is 2.14. The molecule has 2 aromatic heterocycles.